The van der Waals surface area contributed by atoms with Gasteiger partial charge < -0.3 is 9.72 Å². The number of benzene rings is 1. The first-order valence-corrected chi connectivity index (χ1v) is 7.02. The van der Waals surface area contributed by atoms with Crippen LogP contribution in [0.2, 0.25) is 0 Å². The maximum atomic E-state index is 12.0. The van der Waals surface area contributed by atoms with Crippen molar-refractivity contribution in [3.63, 3.8) is 0 Å². The quantitative estimate of drug-likeness (QED) is 0.882. The lowest BCUT2D eigenvalue weighted by atomic mass is 10.2. The van der Waals surface area contributed by atoms with E-state index in [4.69, 9.17) is 4.74 Å². The van der Waals surface area contributed by atoms with Crippen molar-refractivity contribution in [1.82, 2.24) is 9.55 Å². The first-order valence-electron chi connectivity index (χ1n) is 6.22. The van der Waals surface area contributed by atoms with Gasteiger partial charge in [-0.2, -0.15) is 0 Å². The van der Waals surface area contributed by atoms with Crippen LogP contribution in [0, 0.1) is 0 Å². The Hall–Kier alpha value is -1.56. The number of imidazole rings is 1. The number of nitrogens with one attached hydrogen (secondary N) is 1. The number of fused-ring (bicyclic) bond motifs is 1. The van der Waals surface area contributed by atoms with Crippen molar-refractivity contribution < 1.29 is 9.53 Å². The van der Waals surface area contributed by atoms with Gasteiger partial charge in [0.15, 0.2) is 0 Å². The molecule has 0 amide bonds. The van der Waals surface area contributed by atoms with Gasteiger partial charge in [0.25, 0.3) is 0 Å². The highest BCUT2D eigenvalue weighted by molar-refractivity contribution is 9.10. The molecular weight excluding hydrogens is 312 g/mol. The van der Waals surface area contributed by atoms with Gasteiger partial charge in [0, 0.05) is 10.5 Å². The van der Waals surface area contributed by atoms with Crippen molar-refractivity contribution in [3.05, 3.63) is 32.7 Å². The van der Waals surface area contributed by atoms with Crippen molar-refractivity contribution in [3.8, 4) is 0 Å². The van der Waals surface area contributed by atoms with Crippen LogP contribution in [0.4, 0.5) is 0 Å². The van der Waals surface area contributed by atoms with Crippen LogP contribution in [0.5, 0.6) is 0 Å². The molecule has 0 unspecified atom stereocenters. The monoisotopic (exact) mass is 324 g/mol. The fourth-order valence-corrected chi connectivity index (χ4v) is 2.70. The van der Waals surface area contributed by atoms with Crippen LogP contribution < -0.4 is 5.69 Å². The number of hydrogen-bond acceptors (Lipinski definition) is 3. The Labute approximate surface area is 117 Å². The van der Waals surface area contributed by atoms with Crippen LogP contribution in [-0.4, -0.2) is 22.1 Å². The third-order valence-electron chi connectivity index (χ3n) is 3.20. The first kappa shape index (κ1) is 12.5. The molecule has 5 nitrogen and oxygen atoms in total. The first-order chi connectivity index (χ1) is 9.11. The summed E-state index contributed by atoms with van der Waals surface area (Å²) in [5.41, 5.74) is 1.53. The number of hydrogen-bond donors (Lipinski definition) is 1. The summed E-state index contributed by atoms with van der Waals surface area (Å²) >= 11 is 3.38. The van der Waals surface area contributed by atoms with Crippen molar-refractivity contribution in [2.75, 3.05) is 6.61 Å². The molecule has 19 heavy (non-hydrogen) atoms. The lowest BCUT2D eigenvalue weighted by molar-refractivity contribution is 0.0528. The molecule has 0 bridgehead atoms. The number of halogens is 1. The molecule has 1 aliphatic carbocycles. The summed E-state index contributed by atoms with van der Waals surface area (Å²) in [7, 11) is 0. The predicted molar refractivity (Wildman–Crippen MR) is 74.5 cm³/mol. The summed E-state index contributed by atoms with van der Waals surface area (Å²) in [6.45, 7) is 2.06. The molecule has 100 valence electrons. The Balaban J connectivity index is 2.25. The van der Waals surface area contributed by atoms with Crippen molar-refractivity contribution in [2.24, 2.45) is 0 Å². The van der Waals surface area contributed by atoms with Crippen LogP contribution in [0.25, 0.3) is 11.0 Å². The number of H-pyrrole nitrogens is 1. The second-order valence-electron chi connectivity index (χ2n) is 4.60. The summed E-state index contributed by atoms with van der Waals surface area (Å²) in [6, 6.07) is 3.78. The number of carbonyl (C=O) groups excluding carboxylic acids is 1. The van der Waals surface area contributed by atoms with Gasteiger partial charge in [-0.05, 0) is 31.9 Å². The van der Waals surface area contributed by atoms with Gasteiger partial charge in [0.05, 0.1) is 23.2 Å². The van der Waals surface area contributed by atoms with Crippen LogP contribution in [0.1, 0.15) is 36.2 Å². The molecule has 1 aromatic heterocycles. The number of nitrogens with zero attached hydrogens (tertiary/aromatic N) is 1. The summed E-state index contributed by atoms with van der Waals surface area (Å²) < 4.78 is 7.51. The van der Waals surface area contributed by atoms with Gasteiger partial charge in [0.1, 0.15) is 0 Å². The minimum atomic E-state index is -0.419. The van der Waals surface area contributed by atoms with E-state index < -0.39 is 5.97 Å². The van der Waals surface area contributed by atoms with E-state index in [1.165, 1.54) is 0 Å². The van der Waals surface area contributed by atoms with Gasteiger partial charge in [-0.25, -0.2) is 9.59 Å². The number of aromatic nitrogens is 2. The van der Waals surface area contributed by atoms with E-state index in [-0.39, 0.29) is 11.7 Å². The van der Waals surface area contributed by atoms with Gasteiger partial charge in [-0.1, -0.05) is 15.9 Å². The van der Waals surface area contributed by atoms with E-state index >= 15 is 0 Å². The van der Waals surface area contributed by atoms with Gasteiger partial charge in [0.2, 0.25) is 0 Å². The zero-order valence-corrected chi connectivity index (χ0v) is 12.0. The van der Waals surface area contributed by atoms with E-state index in [2.05, 4.69) is 20.9 Å². The smallest absolute Gasteiger partial charge is 0.340 e. The van der Waals surface area contributed by atoms with Crippen molar-refractivity contribution >= 4 is 32.9 Å². The molecule has 0 aliphatic heterocycles. The van der Waals surface area contributed by atoms with E-state index in [9.17, 15) is 9.59 Å². The number of esters is 1. The third-order valence-corrected chi connectivity index (χ3v) is 3.66. The summed E-state index contributed by atoms with van der Waals surface area (Å²) in [5, 5.41) is 0. The van der Waals surface area contributed by atoms with Crippen LogP contribution in [0.3, 0.4) is 0 Å². The molecule has 1 aromatic carbocycles. The lowest BCUT2D eigenvalue weighted by Crippen LogP contribution is -2.14. The largest absolute Gasteiger partial charge is 0.462 e. The highest BCUT2D eigenvalue weighted by Crippen LogP contribution is 2.36. The molecule has 6 heteroatoms. The SMILES string of the molecule is CCOC(=O)c1cc(Br)cc2c1[nH]c(=O)n2C1CC1. The van der Waals surface area contributed by atoms with E-state index in [1.54, 1.807) is 17.6 Å². The van der Waals surface area contributed by atoms with Crippen LogP contribution >= 0.6 is 15.9 Å². The fraction of sp³-hybridized carbons (Fsp3) is 0.385. The highest BCUT2D eigenvalue weighted by Gasteiger charge is 2.28. The second-order valence-corrected chi connectivity index (χ2v) is 5.51. The molecule has 0 atom stereocenters. The topological polar surface area (TPSA) is 64.1 Å². The Morgan fingerprint density at radius 1 is 1.53 bits per heavy atom. The number of carbonyl (C=O) groups is 1. The summed E-state index contributed by atoms with van der Waals surface area (Å²) in [4.78, 5) is 26.7. The van der Waals surface area contributed by atoms with E-state index in [0.717, 1.165) is 22.8 Å². The average molecular weight is 325 g/mol. The standard InChI is InChI=1S/C13H13BrN2O3/c1-2-19-12(17)9-5-7(14)6-10-11(9)15-13(18)16(10)8-3-4-8/h5-6,8H,2-4H2,1H3,(H,15,18). The molecule has 0 spiro atoms. The van der Waals surface area contributed by atoms with Crippen LogP contribution in [0.15, 0.2) is 21.4 Å². The van der Waals surface area contributed by atoms with Crippen molar-refractivity contribution in [2.45, 2.75) is 25.8 Å². The molecule has 1 saturated carbocycles. The normalized spacial score (nSPS) is 14.8. The summed E-state index contributed by atoms with van der Waals surface area (Å²) in [6.07, 6.45) is 2.02. The highest BCUT2D eigenvalue weighted by atomic mass is 79.9. The van der Waals surface area contributed by atoms with Gasteiger partial charge in [-0.3, -0.25) is 4.57 Å². The maximum Gasteiger partial charge on any atom is 0.340 e. The van der Waals surface area contributed by atoms with E-state index in [0.29, 0.717) is 17.7 Å². The van der Waals surface area contributed by atoms with Gasteiger partial charge in [-0.15, -0.1) is 0 Å². The molecule has 1 fully saturated rings. The number of rotatable bonds is 3. The zero-order chi connectivity index (χ0) is 13.6. The lowest BCUT2D eigenvalue weighted by Gasteiger charge is -2.05. The van der Waals surface area contributed by atoms with Crippen molar-refractivity contribution in [1.29, 1.82) is 0 Å². The molecule has 1 aliphatic rings. The zero-order valence-electron chi connectivity index (χ0n) is 10.4. The average Bonchev–Trinajstić information content (AvgIpc) is 3.12. The van der Waals surface area contributed by atoms with E-state index in [1.807, 2.05) is 6.07 Å². The molecule has 0 radical (unpaired) electrons. The summed E-state index contributed by atoms with van der Waals surface area (Å²) in [5.74, 6) is -0.419. The Morgan fingerprint density at radius 3 is 2.89 bits per heavy atom. The Kier molecular flexibility index (Phi) is 2.97. The molecule has 0 saturated heterocycles. The minimum Gasteiger partial charge on any atom is -0.462 e. The van der Waals surface area contributed by atoms with Crippen LogP contribution in [-0.2, 0) is 4.74 Å². The Morgan fingerprint density at radius 2 is 2.26 bits per heavy atom. The maximum absolute atomic E-state index is 12.0. The fourth-order valence-electron chi connectivity index (χ4n) is 2.26. The second kappa shape index (κ2) is 4.52. The molecule has 3 rings (SSSR count). The third kappa shape index (κ3) is 2.10. The minimum absolute atomic E-state index is 0.166. The molecular formula is C13H13BrN2O3. The molecule has 1 N–H and O–H groups in total. The Bertz CT molecular complexity index is 712. The number of ether oxygens (including phenoxy) is 1. The number of aromatic amines is 1. The predicted octanol–water partition coefficient (Wildman–Crippen LogP) is 2.60. The molecule has 1 heterocycles. The van der Waals surface area contributed by atoms with Gasteiger partial charge >= 0.3 is 11.7 Å². The molecule has 2 aromatic rings.